The van der Waals surface area contributed by atoms with Gasteiger partial charge in [0.15, 0.2) is 4.34 Å². The van der Waals surface area contributed by atoms with E-state index in [0.29, 0.717) is 9.91 Å². The molecular formula is C13H14N3NaO5S2. The Morgan fingerprint density at radius 1 is 1.58 bits per heavy atom. The van der Waals surface area contributed by atoms with Crippen LogP contribution in [0.15, 0.2) is 21.1 Å². The SMILES string of the molecule is C[C@@H](O)[C@H]1C(=O)N2C(C(=O)[O-])=C(CSc3nncs3)[C@@H](CO)[C@@H]12.[Na+]. The van der Waals surface area contributed by atoms with Crippen LogP contribution in [0.1, 0.15) is 6.92 Å². The molecule has 3 heterocycles. The molecule has 0 unspecified atom stereocenters. The van der Waals surface area contributed by atoms with E-state index in [1.807, 2.05) is 0 Å². The summed E-state index contributed by atoms with van der Waals surface area (Å²) < 4.78 is 0.666. The van der Waals surface area contributed by atoms with E-state index in [0.717, 1.165) is 4.90 Å². The Hall–Kier alpha value is -0.490. The molecule has 0 saturated carbocycles. The zero-order valence-corrected chi connectivity index (χ0v) is 16.7. The van der Waals surface area contributed by atoms with Gasteiger partial charge in [-0.1, -0.05) is 23.1 Å². The van der Waals surface area contributed by atoms with Crippen LogP contribution >= 0.6 is 23.1 Å². The number of carbonyl (C=O) groups is 2. The molecule has 0 bridgehead atoms. The molecule has 0 spiro atoms. The summed E-state index contributed by atoms with van der Waals surface area (Å²) in [7, 11) is 0. The molecule has 0 aromatic carbocycles. The number of β-lactam (4-membered cyclic amide) rings is 1. The maximum atomic E-state index is 12.2. The van der Waals surface area contributed by atoms with Gasteiger partial charge >= 0.3 is 29.6 Å². The third-order valence-corrected chi connectivity index (χ3v) is 6.10. The second kappa shape index (κ2) is 7.81. The van der Waals surface area contributed by atoms with Gasteiger partial charge in [0.05, 0.1) is 36.3 Å². The number of fused-ring (bicyclic) bond motifs is 1. The molecule has 24 heavy (non-hydrogen) atoms. The molecule has 2 aliphatic heterocycles. The average Bonchev–Trinajstić information content (AvgIpc) is 3.08. The molecule has 4 atom stereocenters. The molecule has 2 aliphatic rings. The Kier molecular flexibility index (Phi) is 6.46. The first-order valence-corrected chi connectivity index (χ1v) is 8.79. The largest absolute Gasteiger partial charge is 1.00 e. The van der Waals surface area contributed by atoms with Gasteiger partial charge in [-0.2, -0.15) is 0 Å². The van der Waals surface area contributed by atoms with Crippen LogP contribution in [0.4, 0.5) is 0 Å². The normalized spacial score (nSPS) is 26.7. The fraction of sp³-hybridized carbons (Fsp3) is 0.538. The van der Waals surface area contributed by atoms with E-state index < -0.39 is 35.9 Å². The van der Waals surface area contributed by atoms with Crippen molar-refractivity contribution in [2.24, 2.45) is 11.8 Å². The van der Waals surface area contributed by atoms with Gasteiger partial charge in [0.25, 0.3) is 0 Å². The standard InChI is InChI=1S/C13H15N3O5S2.Na/c1-5(18)8-9-6(2-17)7(3-22-13-15-14-4-23-13)10(12(20)21)16(9)11(8)19;/h4-6,8-9,17-18H,2-3H2,1H3,(H,20,21);/q;+1/p-1/t5-,6-,8-,9+;/m1./s1. The number of carbonyl (C=O) groups excluding carboxylic acids is 2. The van der Waals surface area contributed by atoms with Crippen LogP contribution in [0.3, 0.4) is 0 Å². The Balaban J connectivity index is 0.00000208. The van der Waals surface area contributed by atoms with Gasteiger partial charge in [0.2, 0.25) is 5.91 Å². The molecule has 11 heteroatoms. The summed E-state index contributed by atoms with van der Waals surface area (Å²) in [4.78, 5) is 24.8. The molecule has 1 aromatic rings. The number of hydrogen-bond donors (Lipinski definition) is 2. The van der Waals surface area contributed by atoms with E-state index in [9.17, 15) is 24.9 Å². The van der Waals surface area contributed by atoms with E-state index in [2.05, 4.69) is 10.2 Å². The summed E-state index contributed by atoms with van der Waals surface area (Å²) in [5, 5.41) is 38.5. The Morgan fingerprint density at radius 2 is 2.29 bits per heavy atom. The van der Waals surface area contributed by atoms with Crippen molar-refractivity contribution in [3.63, 3.8) is 0 Å². The molecule has 3 rings (SSSR count). The van der Waals surface area contributed by atoms with Gasteiger partial charge in [0.1, 0.15) is 5.51 Å². The third-order valence-electron chi connectivity index (χ3n) is 4.19. The Bertz CT molecular complexity index is 667. The minimum Gasteiger partial charge on any atom is -0.543 e. The quantitative estimate of drug-likeness (QED) is 0.288. The fourth-order valence-corrected chi connectivity index (χ4v) is 4.83. The number of carboxylic acids is 1. The van der Waals surface area contributed by atoms with Crippen molar-refractivity contribution >= 4 is 35.0 Å². The molecule has 1 fully saturated rings. The van der Waals surface area contributed by atoms with Crippen LogP contribution in [0.25, 0.3) is 0 Å². The number of rotatable bonds is 6. The number of aliphatic carboxylic acids is 1. The van der Waals surface area contributed by atoms with Crippen molar-refractivity contribution in [1.82, 2.24) is 15.1 Å². The van der Waals surface area contributed by atoms with Gasteiger partial charge in [-0.05, 0) is 12.5 Å². The third kappa shape index (κ3) is 3.16. The van der Waals surface area contributed by atoms with Gasteiger partial charge in [0, 0.05) is 11.7 Å². The number of aromatic nitrogens is 2. The summed E-state index contributed by atoms with van der Waals surface area (Å²) in [6.07, 6.45) is -0.907. The van der Waals surface area contributed by atoms with Crippen molar-refractivity contribution in [2.45, 2.75) is 23.4 Å². The molecule has 2 N–H and O–H groups in total. The van der Waals surface area contributed by atoms with Gasteiger partial charge < -0.3 is 25.0 Å². The summed E-state index contributed by atoms with van der Waals surface area (Å²) >= 11 is 2.61. The Labute approximate surface area is 168 Å². The predicted molar refractivity (Wildman–Crippen MR) is 79.0 cm³/mol. The molecule has 1 aromatic heterocycles. The van der Waals surface area contributed by atoms with Crippen molar-refractivity contribution in [3.8, 4) is 0 Å². The van der Waals surface area contributed by atoms with Crippen LogP contribution in [0.2, 0.25) is 0 Å². The summed E-state index contributed by atoms with van der Waals surface area (Å²) in [6, 6.07) is -0.537. The van der Waals surface area contributed by atoms with Crippen LogP contribution in [-0.2, 0) is 9.59 Å². The molecular weight excluding hydrogens is 365 g/mol. The number of aliphatic hydroxyl groups excluding tert-OH is 2. The summed E-state index contributed by atoms with van der Waals surface area (Å²) in [6.45, 7) is 1.18. The molecule has 1 saturated heterocycles. The average molecular weight is 379 g/mol. The zero-order valence-electron chi connectivity index (χ0n) is 13.1. The number of amides is 1. The van der Waals surface area contributed by atoms with E-state index in [4.69, 9.17) is 0 Å². The maximum absolute atomic E-state index is 12.2. The number of hydrogen-bond acceptors (Lipinski definition) is 9. The second-order valence-electron chi connectivity index (χ2n) is 5.41. The number of aliphatic hydroxyl groups is 2. The van der Waals surface area contributed by atoms with E-state index in [-0.39, 0.29) is 47.6 Å². The minimum absolute atomic E-state index is 0. The van der Waals surface area contributed by atoms with Crippen molar-refractivity contribution in [2.75, 3.05) is 12.4 Å². The molecule has 8 nitrogen and oxygen atoms in total. The van der Waals surface area contributed by atoms with Crippen molar-refractivity contribution in [1.29, 1.82) is 0 Å². The van der Waals surface area contributed by atoms with Crippen LogP contribution in [0.5, 0.6) is 0 Å². The molecule has 124 valence electrons. The van der Waals surface area contributed by atoms with E-state index >= 15 is 0 Å². The first-order chi connectivity index (χ1) is 11.0. The minimum atomic E-state index is -1.45. The Morgan fingerprint density at radius 3 is 2.79 bits per heavy atom. The first kappa shape index (κ1) is 19.8. The second-order valence-corrected chi connectivity index (χ2v) is 7.46. The monoisotopic (exact) mass is 379 g/mol. The van der Waals surface area contributed by atoms with Crippen molar-refractivity contribution < 1.29 is 54.5 Å². The predicted octanol–water partition coefficient (Wildman–Crippen LogP) is -4.53. The number of thioether (sulfide) groups is 1. The zero-order chi connectivity index (χ0) is 16.7. The molecule has 0 aliphatic carbocycles. The molecule has 0 radical (unpaired) electrons. The van der Waals surface area contributed by atoms with Crippen LogP contribution in [0, 0.1) is 11.8 Å². The number of nitrogens with zero attached hydrogens (tertiary/aromatic N) is 3. The van der Waals surface area contributed by atoms with Gasteiger partial charge in [-0.3, -0.25) is 4.79 Å². The maximum Gasteiger partial charge on any atom is 1.00 e. The topological polar surface area (TPSA) is 127 Å². The molecule has 1 amide bonds. The van der Waals surface area contributed by atoms with Crippen LogP contribution in [-0.4, -0.2) is 61.7 Å². The van der Waals surface area contributed by atoms with E-state index in [1.54, 1.807) is 5.51 Å². The smallest absolute Gasteiger partial charge is 0.543 e. The van der Waals surface area contributed by atoms with Gasteiger partial charge in [-0.25, -0.2) is 0 Å². The van der Waals surface area contributed by atoms with E-state index in [1.165, 1.54) is 30.0 Å². The summed E-state index contributed by atoms with van der Waals surface area (Å²) in [5.41, 5.74) is 1.82. The number of carboxylic acid groups (broad SMARTS) is 1. The van der Waals surface area contributed by atoms with Crippen molar-refractivity contribution in [3.05, 3.63) is 16.8 Å². The fourth-order valence-electron chi connectivity index (χ4n) is 3.24. The van der Waals surface area contributed by atoms with Crippen LogP contribution < -0.4 is 34.7 Å². The summed E-state index contributed by atoms with van der Waals surface area (Å²) in [5.74, 6) is -2.86. The first-order valence-electron chi connectivity index (χ1n) is 6.92. The van der Waals surface area contributed by atoms with Gasteiger partial charge in [-0.15, -0.1) is 10.2 Å².